The van der Waals surface area contributed by atoms with Gasteiger partial charge in [-0.15, -0.1) is 0 Å². The lowest BCUT2D eigenvalue weighted by Gasteiger charge is -2.39. The van der Waals surface area contributed by atoms with Gasteiger partial charge in [0.15, 0.2) is 17.5 Å². The minimum Gasteiger partial charge on any atom is -0.441 e. The molecule has 3 amide bonds. The van der Waals surface area contributed by atoms with Crippen molar-refractivity contribution in [2.45, 2.75) is 69.2 Å². The zero-order valence-corrected chi connectivity index (χ0v) is 18.4. The third-order valence-corrected chi connectivity index (χ3v) is 7.63. The lowest BCUT2D eigenvalue weighted by Crippen LogP contribution is -2.49. The number of fused-ring (bicyclic) bond motifs is 3. The van der Waals surface area contributed by atoms with E-state index in [1.54, 1.807) is 16.0 Å². The molecule has 6 rings (SSSR count). The van der Waals surface area contributed by atoms with E-state index >= 15 is 0 Å². The van der Waals surface area contributed by atoms with Gasteiger partial charge in [0.1, 0.15) is 5.60 Å². The molecule has 8 nitrogen and oxygen atoms in total. The van der Waals surface area contributed by atoms with Crippen LogP contribution in [-0.2, 0) is 11.3 Å². The summed E-state index contributed by atoms with van der Waals surface area (Å²) in [5, 5.41) is 7.07. The van der Waals surface area contributed by atoms with Crippen molar-refractivity contribution in [1.82, 2.24) is 14.7 Å². The number of carbonyl (C=O) groups is 2. The quantitative estimate of drug-likeness (QED) is 0.638. The van der Waals surface area contributed by atoms with Crippen molar-refractivity contribution in [3.8, 4) is 0 Å². The number of ether oxygens (including phenoxy) is 1. The molecule has 11 heteroatoms. The van der Waals surface area contributed by atoms with Gasteiger partial charge in [-0.05, 0) is 44.9 Å². The van der Waals surface area contributed by atoms with Crippen molar-refractivity contribution in [2.75, 3.05) is 16.8 Å². The minimum absolute atomic E-state index is 0.0657. The highest BCUT2D eigenvalue weighted by Crippen LogP contribution is 2.44. The molecule has 1 N–H and O–H groups in total. The van der Waals surface area contributed by atoms with Gasteiger partial charge in [-0.2, -0.15) is 5.10 Å². The van der Waals surface area contributed by atoms with Gasteiger partial charge in [-0.25, -0.2) is 22.8 Å². The average Bonchev–Trinajstić information content (AvgIpc) is 3.58. The summed E-state index contributed by atoms with van der Waals surface area (Å²) in [6.45, 7) is 0.629. The number of carbonyl (C=O) groups excluding carboxylic acids is 2. The molecule has 1 aromatic carbocycles. The Morgan fingerprint density at radius 2 is 1.79 bits per heavy atom. The standard InChI is InChI=1S/C23H24F3N5O3/c24-14-8-13(9-15(25)20(14)26)28-21(32)29-11-19-18(10-27-31(19)17-5-3-4-16(17)29)30-12-23(34-22(30)33)6-1-2-7-23/h8-10,16-17H,1-7,11-12H2,(H,28,32)/t16-,17+/m0/s1. The number of rotatable bonds is 2. The number of nitrogens with zero attached hydrogens (tertiary/aromatic N) is 4. The molecule has 2 saturated carbocycles. The van der Waals surface area contributed by atoms with Crippen LogP contribution in [0.4, 0.5) is 34.1 Å². The molecular weight excluding hydrogens is 451 g/mol. The van der Waals surface area contributed by atoms with Gasteiger partial charge < -0.3 is 15.0 Å². The fourth-order valence-electron chi connectivity index (χ4n) is 6.03. The normalized spacial score (nSPS) is 25.0. The summed E-state index contributed by atoms with van der Waals surface area (Å²) in [5.74, 6) is -4.33. The Bertz CT molecular complexity index is 1160. The van der Waals surface area contributed by atoms with Crippen LogP contribution in [0.15, 0.2) is 18.3 Å². The Balaban J connectivity index is 1.29. The minimum atomic E-state index is -1.59. The third kappa shape index (κ3) is 3.24. The summed E-state index contributed by atoms with van der Waals surface area (Å²) in [5.41, 5.74) is 0.726. The van der Waals surface area contributed by atoms with Crippen molar-refractivity contribution < 1.29 is 27.5 Å². The predicted octanol–water partition coefficient (Wildman–Crippen LogP) is 4.71. The second kappa shape index (κ2) is 7.64. The predicted molar refractivity (Wildman–Crippen MR) is 115 cm³/mol. The van der Waals surface area contributed by atoms with Crippen LogP contribution in [0.5, 0.6) is 0 Å². The van der Waals surface area contributed by atoms with E-state index in [0.717, 1.165) is 62.8 Å². The fourth-order valence-corrected chi connectivity index (χ4v) is 6.03. The van der Waals surface area contributed by atoms with Crippen molar-refractivity contribution in [1.29, 1.82) is 0 Å². The molecule has 0 bridgehead atoms. The van der Waals surface area contributed by atoms with Crippen LogP contribution in [0.1, 0.15) is 56.7 Å². The zero-order valence-electron chi connectivity index (χ0n) is 18.4. The average molecular weight is 475 g/mol. The molecule has 2 aliphatic carbocycles. The first-order chi connectivity index (χ1) is 16.3. The number of anilines is 2. The number of halogens is 3. The molecule has 0 radical (unpaired) electrons. The topological polar surface area (TPSA) is 79.7 Å². The van der Waals surface area contributed by atoms with Crippen LogP contribution in [0.25, 0.3) is 0 Å². The van der Waals surface area contributed by atoms with E-state index in [2.05, 4.69) is 10.4 Å². The first kappa shape index (κ1) is 21.3. The molecule has 3 heterocycles. The maximum atomic E-state index is 13.7. The van der Waals surface area contributed by atoms with E-state index in [1.807, 2.05) is 4.68 Å². The Kier molecular flexibility index (Phi) is 4.79. The molecule has 34 heavy (non-hydrogen) atoms. The van der Waals surface area contributed by atoms with Crippen LogP contribution in [-0.4, -0.2) is 45.0 Å². The fraction of sp³-hybridized carbons (Fsp3) is 0.522. The molecule has 1 aromatic heterocycles. The summed E-state index contributed by atoms with van der Waals surface area (Å²) in [7, 11) is 0. The van der Waals surface area contributed by atoms with Crippen LogP contribution in [0.2, 0.25) is 0 Å². The highest BCUT2D eigenvalue weighted by atomic mass is 19.2. The van der Waals surface area contributed by atoms with Crippen molar-refractivity contribution >= 4 is 23.5 Å². The molecule has 2 aromatic rings. The first-order valence-electron chi connectivity index (χ1n) is 11.6. The smallest absolute Gasteiger partial charge is 0.415 e. The summed E-state index contributed by atoms with van der Waals surface area (Å²) < 4.78 is 48.3. The lowest BCUT2D eigenvalue weighted by atomic mass is 10.0. The molecule has 2 aliphatic heterocycles. The monoisotopic (exact) mass is 475 g/mol. The largest absolute Gasteiger partial charge is 0.441 e. The van der Waals surface area contributed by atoms with E-state index in [1.165, 1.54) is 0 Å². The Morgan fingerprint density at radius 1 is 1.09 bits per heavy atom. The van der Waals surface area contributed by atoms with Gasteiger partial charge in [-0.3, -0.25) is 9.58 Å². The van der Waals surface area contributed by atoms with Gasteiger partial charge in [0.2, 0.25) is 0 Å². The number of hydrogen-bond acceptors (Lipinski definition) is 4. The SMILES string of the molecule is O=C1OC2(CCCC2)CN1c1cnn2c1CN(C(=O)Nc1cc(F)c(F)c(F)c1)[C@H]1CCC[C@H]12. The van der Waals surface area contributed by atoms with E-state index in [9.17, 15) is 22.8 Å². The number of urea groups is 1. The number of benzene rings is 1. The zero-order chi connectivity index (χ0) is 23.6. The van der Waals surface area contributed by atoms with Gasteiger partial charge in [0.25, 0.3) is 0 Å². The van der Waals surface area contributed by atoms with Gasteiger partial charge in [0, 0.05) is 17.8 Å². The number of hydrogen-bond donors (Lipinski definition) is 1. The summed E-state index contributed by atoms with van der Waals surface area (Å²) >= 11 is 0. The lowest BCUT2D eigenvalue weighted by molar-refractivity contribution is 0.0629. The number of aromatic nitrogens is 2. The van der Waals surface area contributed by atoms with Gasteiger partial charge in [-0.1, -0.05) is 0 Å². The summed E-state index contributed by atoms with van der Waals surface area (Å²) in [6.07, 6.45) is 7.44. The number of amides is 3. The van der Waals surface area contributed by atoms with Crippen LogP contribution in [0, 0.1) is 17.5 Å². The highest BCUT2D eigenvalue weighted by molar-refractivity contribution is 5.92. The van der Waals surface area contributed by atoms with Crippen molar-refractivity contribution in [3.63, 3.8) is 0 Å². The maximum Gasteiger partial charge on any atom is 0.415 e. The summed E-state index contributed by atoms with van der Waals surface area (Å²) in [6, 6.07) is 0.746. The summed E-state index contributed by atoms with van der Waals surface area (Å²) in [4.78, 5) is 29.2. The molecule has 2 atom stereocenters. The maximum absolute atomic E-state index is 13.7. The second-order valence-corrected chi connectivity index (χ2v) is 9.64. The Morgan fingerprint density at radius 3 is 2.53 bits per heavy atom. The number of nitrogens with one attached hydrogen (secondary N) is 1. The van der Waals surface area contributed by atoms with Gasteiger partial charge in [0.05, 0.1) is 42.8 Å². The first-order valence-corrected chi connectivity index (χ1v) is 11.6. The molecular formula is C23H24F3N5O3. The van der Waals surface area contributed by atoms with E-state index in [4.69, 9.17) is 4.74 Å². The molecule has 180 valence electrons. The molecule has 4 aliphatic rings. The van der Waals surface area contributed by atoms with E-state index in [0.29, 0.717) is 12.2 Å². The Labute approximate surface area is 193 Å². The van der Waals surface area contributed by atoms with E-state index < -0.39 is 35.2 Å². The second-order valence-electron chi connectivity index (χ2n) is 9.64. The van der Waals surface area contributed by atoms with Crippen molar-refractivity contribution in [3.05, 3.63) is 41.5 Å². The Hall–Kier alpha value is -3.24. The van der Waals surface area contributed by atoms with Gasteiger partial charge >= 0.3 is 12.1 Å². The molecule has 0 unspecified atom stereocenters. The highest BCUT2D eigenvalue weighted by Gasteiger charge is 2.50. The molecule has 1 spiro atoms. The van der Waals surface area contributed by atoms with Crippen LogP contribution < -0.4 is 10.2 Å². The van der Waals surface area contributed by atoms with Crippen LogP contribution in [0.3, 0.4) is 0 Å². The molecule has 3 fully saturated rings. The van der Waals surface area contributed by atoms with Crippen LogP contribution >= 0.6 is 0 Å². The van der Waals surface area contributed by atoms with E-state index in [-0.39, 0.29) is 24.3 Å². The van der Waals surface area contributed by atoms with Crippen molar-refractivity contribution in [2.24, 2.45) is 0 Å². The third-order valence-electron chi connectivity index (χ3n) is 7.63. The molecule has 1 saturated heterocycles.